The predicted octanol–water partition coefficient (Wildman–Crippen LogP) is 4.63. The van der Waals surface area contributed by atoms with E-state index in [2.05, 4.69) is 26.5 Å². The number of halogens is 1. The Labute approximate surface area is 115 Å². The molecule has 1 nitrogen and oxygen atoms in total. The third-order valence-electron chi connectivity index (χ3n) is 2.84. The standard InChI is InChI=1S/C14H21ClOS/c1-3-5-11(10-17)9-16-13-6-7-14(15)12(4-2)8-13/h6-8,11,17H,3-5,9-10H2,1-2H3. The molecule has 0 saturated carbocycles. The number of aryl methyl sites for hydroxylation is 1. The third-order valence-corrected chi connectivity index (χ3v) is 3.72. The Morgan fingerprint density at radius 2 is 2.12 bits per heavy atom. The van der Waals surface area contributed by atoms with Crippen molar-refractivity contribution in [3.8, 4) is 5.75 Å². The number of benzene rings is 1. The molecule has 1 rings (SSSR count). The van der Waals surface area contributed by atoms with Crippen LogP contribution in [0.5, 0.6) is 5.75 Å². The maximum Gasteiger partial charge on any atom is 0.119 e. The lowest BCUT2D eigenvalue weighted by atomic mass is 10.1. The highest BCUT2D eigenvalue weighted by atomic mass is 35.5. The van der Waals surface area contributed by atoms with Gasteiger partial charge in [-0.3, -0.25) is 0 Å². The molecule has 0 saturated heterocycles. The molecule has 0 fully saturated rings. The van der Waals surface area contributed by atoms with Crippen LogP contribution in [0.4, 0.5) is 0 Å². The normalized spacial score (nSPS) is 12.5. The maximum absolute atomic E-state index is 6.07. The first-order valence-electron chi connectivity index (χ1n) is 6.23. The first-order chi connectivity index (χ1) is 8.21. The van der Waals surface area contributed by atoms with E-state index in [9.17, 15) is 0 Å². The summed E-state index contributed by atoms with van der Waals surface area (Å²) < 4.78 is 5.80. The molecule has 3 heteroatoms. The van der Waals surface area contributed by atoms with Crippen molar-refractivity contribution in [1.29, 1.82) is 0 Å². The fourth-order valence-corrected chi connectivity index (χ4v) is 2.30. The van der Waals surface area contributed by atoms with Crippen molar-refractivity contribution < 1.29 is 4.74 Å². The number of rotatable bonds is 7. The van der Waals surface area contributed by atoms with E-state index in [0.29, 0.717) is 5.92 Å². The molecule has 0 radical (unpaired) electrons. The van der Waals surface area contributed by atoms with E-state index in [1.807, 2.05) is 18.2 Å². The zero-order chi connectivity index (χ0) is 12.7. The number of hydrogen-bond acceptors (Lipinski definition) is 2. The Balaban J connectivity index is 2.56. The molecule has 0 aromatic heterocycles. The summed E-state index contributed by atoms with van der Waals surface area (Å²) in [7, 11) is 0. The van der Waals surface area contributed by atoms with Crippen LogP contribution in [-0.2, 0) is 6.42 Å². The van der Waals surface area contributed by atoms with Gasteiger partial charge in [-0.2, -0.15) is 12.6 Å². The van der Waals surface area contributed by atoms with Crippen LogP contribution in [0.2, 0.25) is 5.02 Å². The van der Waals surface area contributed by atoms with Gasteiger partial charge in [0.2, 0.25) is 0 Å². The minimum atomic E-state index is 0.532. The zero-order valence-corrected chi connectivity index (χ0v) is 12.2. The molecule has 0 aliphatic carbocycles. The van der Waals surface area contributed by atoms with Gasteiger partial charge >= 0.3 is 0 Å². The summed E-state index contributed by atoms with van der Waals surface area (Å²) in [6.45, 7) is 5.02. The van der Waals surface area contributed by atoms with Crippen LogP contribution in [0.25, 0.3) is 0 Å². The van der Waals surface area contributed by atoms with Crippen molar-refractivity contribution in [2.24, 2.45) is 5.92 Å². The summed E-state index contributed by atoms with van der Waals surface area (Å²) in [5.41, 5.74) is 1.14. The van der Waals surface area contributed by atoms with Gasteiger partial charge in [0.25, 0.3) is 0 Å². The van der Waals surface area contributed by atoms with Crippen molar-refractivity contribution >= 4 is 24.2 Å². The highest BCUT2D eigenvalue weighted by molar-refractivity contribution is 7.80. The van der Waals surface area contributed by atoms with E-state index in [1.54, 1.807) is 0 Å². The lowest BCUT2D eigenvalue weighted by Gasteiger charge is -2.15. The van der Waals surface area contributed by atoms with Gasteiger partial charge in [0.1, 0.15) is 5.75 Å². The smallest absolute Gasteiger partial charge is 0.119 e. The zero-order valence-electron chi connectivity index (χ0n) is 10.6. The summed E-state index contributed by atoms with van der Waals surface area (Å²) in [5, 5.41) is 0.819. The molecule has 96 valence electrons. The average molecular weight is 273 g/mol. The van der Waals surface area contributed by atoms with E-state index in [1.165, 1.54) is 6.42 Å². The van der Waals surface area contributed by atoms with Crippen LogP contribution in [-0.4, -0.2) is 12.4 Å². The molecule has 1 aromatic rings. The average Bonchev–Trinajstić information content (AvgIpc) is 2.36. The van der Waals surface area contributed by atoms with Crippen molar-refractivity contribution in [3.63, 3.8) is 0 Å². The monoisotopic (exact) mass is 272 g/mol. The van der Waals surface area contributed by atoms with E-state index in [-0.39, 0.29) is 0 Å². The van der Waals surface area contributed by atoms with Crippen LogP contribution in [0.15, 0.2) is 18.2 Å². The van der Waals surface area contributed by atoms with Crippen molar-refractivity contribution in [1.82, 2.24) is 0 Å². The Morgan fingerprint density at radius 3 is 2.71 bits per heavy atom. The van der Waals surface area contributed by atoms with Gasteiger partial charge in [-0.1, -0.05) is 31.9 Å². The van der Waals surface area contributed by atoms with E-state index in [4.69, 9.17) is 16.3 Å². The highest BCUT2D eigenvalue weighted by Gasteiger charge is 2.07. The van der Waals surface area contributed by atoms with Gasteiger partial charge in [-0.15, -0.1) is 0 Å². The molecule has 0 aliphatic heterocycles. The predicted molar refractivity (Wildman–Crippen MR) is 78.6 cm³/mol. The Kier molecular flexibility index (Phi) is 6.83. The summed E-state index contributed by atoms with van der Waals surface area (Å²) in [4.78, 5) is 0. The second kappa shape index (κ2) is 7.88. The van der Waals surface area contributed by atoms with E-state index >= 15 is 0 Å². The van der Waals surface area contributed by atoms with Gasteiger partial charge in [0.15, 0.2) is 0 Å². The van der Waals surface area contributed by atoms with Gasteiger partial charge < -0.3 is 4.74 Å². The van der Waals surface area contributed by atoms with E-state index in [0.717, 1.165) is 41.5 Å². The molecule has 0 bridgehead atoms. The second-order valence-corrected chi connectivity index (χ2v) is 5.03. The third kappa shape index (κ3) is 4.81. The molecule has 0 N–H and O–H groups in total. The fourth-order valence-electron chi connectivity index (χ4n) is 1.76. The first-order valence-corrected chi connectivity index (χ1v) is 7.24. The molecule has 0 amide bonds. The number of thiol groups is 1. The maximum atomic E-state index is 6.07. The lowest BCUT2D eigenvalue weighted by molar-refractivity contribution is 0.254. The molecule has 17 heavy (non-hydrogen) atoms. The van der Waals surface area contributed by atoms with Crippen LogP contribution < -0.4 is 4.74 Å². The van der Waals surface area contributed by atoms with Crippen LogP contribution in [0.3, 0.4) is 0 Å². The molecule has 1 atom stereocenters. The Morgan fingerprint density at radius 1 is 1.35 bits per heavy atom. The topological polar surface area (TPSA) is 9.23 Å². The van der Waals surface area contributed by atoms with Crippen LogP contribution in [0.1, 0.15) is 32.3 Å². The molecule has 0 heterocycles. The SMILES string of the molecule is CCCC(CS)COc1ccc(Cl)c(CC)c1. The fraction of sp³-hybridized carbons (Fsp3) is 0.571. The second-order valence-electron chi connectivity index (χ2n) is 4.26. The summed E-state index contributed by atoms with van der Waals surface area (Å²) >= 11 is 10.4. The largest absolute Gasteiger partial charge is 0.493 e. The van der Waals surface area contributed by atoms with Crippen LogP contribution in [0, 0.1) is 5.92 Å². The Hall–Kier alpha value is -0.340. The summed E-state index contributed by atoms with van der Waals surface area (Å²) in [6, 6.07) is 5.87. The summed E-state index contributed by atoms with van der Waals surface area (Å²) in [5.74, 6) is 2.32. The number of ether oxygens (including phenoxy) is 1. The molecule has 1 aromatic carbocycles. The van der Waals surface area contributed by atoms with E-state index < -0.39 is 0 Å². The first kappa shape index (κ1) is 14.7. The van der Waals surface area contributed by atoms with Crippen LogP contribution >= 0.6 is 24.2 Å². The lowest BCUT2D eigenvalue weighted by Crippen LogP contribution is -2.13. The highest BCUT2D eigenvalue weighted by Crippen LogP contribution is 2.23. The molecule has 1 unspecified atom stereocenters. The van der Waals surface area contributed by atoms with Crippen molar-refractivity contribution in [2.75, 3.05) is 12.4 Å². The molecular weight excluding hydrogens is 252 g/mol. The minimum absolute atomic E-state index is 0.532. The minimum Gasteiger partial charge on any atom is -0.493 e. The number of hydrogen-bond donors (Lipinski definition) is 1. The molecular formula is C14H21ClOS. The molecule has 0 aliphatic rings. The Bertz CT molecular complexity index is 341. The quantitative estimate of drug-likeness (QED) is 0.712. The van der Waals surface area contributed by atoms with Crippen molar-refractivity contribution in [2.45, 2.75) is 33.1 Å². The van der Waals surface area contributed by atoms with Gasteiger partial charge in [-0.25, -0.2) is 0 Å². The van der Waals surface area contributed by atoms with Gasteiger partial charge in [0.05, 0.1) is 6.61 Å². The molecule has 0 spiro atoms. The van der Waals surface area contributed by atoms with Gasteiger partial charge in [0, 0.05) is 10.9 Å². The summed E-state index contributed by atoms with van der Waals surface area (Å²) in [6.07, 6.45) is 3.27. The van der Waals surface area contributed by atoms with Crippen molar-refractivity contribution in [3.05, 3.63) is 28.8 Å². The van der Waals surface area contributed by atoms with Gasteiger partial charge in [-0.05, 0) is 42.4 Å².